The lowest BCUT2D eigenvalue weighted by molar-refractivity contribution is -0.388. The molecule has 0 unspecified atom stereocenters. The first kappa shape index (κ1) is 13.7. The van der Waals surface area contributed by atoms with E-state index in [0.717, 1.165) is 11.8 Å². The molecular formula is C11H8N4O4S. The maximum absolute atomic E-state index is 10.9. The van der Waals surface area contributed by atoms with Gasteiger partial charge in [-0.3, -0.25) is 20.2 Å². The SMILES string of the molecule is Nc1ccc([N+](=O)[O-])c(Sc2ccccc2[N+](=O)[O-])n1. The van der Waals surface area contributed by atoms with Gasteiger partial charge in [0.2, 0.25) is 0 Å². The Hall–Kier alpha value is -2.68. The summed E-state index contributed by atoms with van der Waals surface area (Å²) in [7, 11) is 0. The van der Waals surface area contributed by atoms with Gasteiger partial charge in [-0.05, 0) is 12.1 Å². The molecule has 102 valence electrons. The predicted octanol–water partition coefficient (Wildman–Crippen LogP) is 2.63. The zero-order valence-corrected chi connectivity index (χ0v) is 10.7. The van der Waals surface area contributed by atoms with E-state index < -0.39 is 9.85 Å². The second-order valence-electron chi connectivity index (χ2n) is 3.64. The summed E-state index contributed by atoms with van der Waals surface area (Å²) < 4.78 is 0. The highest BCUT2D eigenvalue weighted by Gasteiger charge is 2.21. The normalized spacial score (nSPS) is 10.2. The lowest BCUT2D eigenvalue weighted by atomic mass is 10.3. The molecule has 9 heteroatoms. The first-order valence-corrected chi connectivity index (χ1v) is 6.13. The standard InChI is InChI=1S/C11H8N4O4S/c12-10-6-5-8(15(18)19)11(13-10)20-9-4-2-1-3-7(9)14(16)17/h1-6H,(H2,12,13). The Morgan fingerprint density at radius 1 is 1.00 bits per heavy atom. The first-order chi connectivity index (χ1) is 9.49. The molecule has 0 bridgehead atoms. The maximum Gasteiger partial charge on any atom is 0.301 e. The number of nitro benzene ring substituents is 1. The van der Waals surface area contributed by atoms with Gasteiger partial charge in [0.05, 0.1) is 14.7 Å². The third-order valence-electron chi connectivity index (χ3n) is 2.33. The topological polar surface area (TPSA) is 125 Å². The van der Waals surface area contributed by atoms with Gasteiger partial charge in [-0.25, -0.2) is 4.98 Å². The van der Waals surface area contributed by atoms with E-state index >= 15 is 0 Å². The zero-order valence-electron chi connectivity index (χ0n) is 9.92. The van der Waals surface area contributed by atoms with Crippen LogP contribution in [0.3, 0.4) is 0 Å². The summed E-state index contributed by atoms with van der Waals surface area (Å²) in [5.74, 6) is 0.108. The number of nitrogens with two attached hydrogens (primary N) is 1. The van der Waals surface area contributed by atoms with E-state index in [-0.39, 0.29) is 27.1 Å². The van der Waals surface area contributed by atoms with E-state index in [9.17, 15) is 20.2 Å². The van der Waals surface area contributed by atoms with Gasteiger partial charge in [0.15, 0.2) is 5.03 Å². The molecule has 0 aliphatic carbocycles. The fraction of sp³-hybridized carbons (Fsp3) is 0. The predicted molar refractivity (Wildman–Crippen MR) is 72.5 cm³/mol. The van der Waals surface area contributed by atoms with Crippen LogP contribution in [-0.2, 0) is 0 Å². The van der Waals surface area contributed by atoms with Gasteiger partial charge in [-0.1, -0.05) is 23.9 Å². The minimum atomic E-state index is -0.608. The highest BCUT2D eigenvalue weighted by Crippen LogP contribution is 2.38. The number of para-hydroxylation sites is 1. The van der Waals surface area contributed by atoms with Crippen LogP contribution in [0.1, 0.15) is 0 Å². The van der Waals surface area contributed by atoms with Crippen molar-refractivity contribution in [2.45, 2.75) is 9.92 Å². The monoisotopic (exact) mass is 292 g/mol. The molecule has 2 aromatic rings. The Bertz CT molecular complexity index is 692. The molecule has 0 spiro atoms. The highest BCUT2D eigenvalue weighted by molar-refractivity contribution is 7.99. The van der Waals surface area contributed by atoms with E-state index in [1.807, 2.05) is 0 Å². The van der Waals surface area contributed by atoms with Gasteiger partial charge in [0.1, 0.15) is 5.82 Å². The molecule has 8 nitrogen and oxygen atoms in total. The number of aromatic nitrogens is 1. The van der Waals surface area contributed by atoms with Crippen molar-refractivity contribution >= 4 is 29.0 Å². The molecule has 0 aliphatic rings. The van der Waals surface area contributed by atoms with Crippen LogP contribution in [0.15, 0.2) is 46.3 Å². The number of nitro groups is 2. The van der Waals surface area contributed by atoms with E-state index in [2.05, 4.69) is 4.98 Å². The summed E-state index contributed by atoms with van der Waals surface area (Å²) in [6.45, 7) is 0. The summed E-state index contributed by atoms with van der Waals surface area (Å²) in [5, 5.41) is 21.8. The number of anilines is 1. The molecule has 0 amide bonds. The van der Waals surface area contributed by atoms with Crippen molar-refractivity contribution in [3.05, 3.63) is 56.6 Å². The number of nitrogen functional groups attached to an aromatic ring is 1. The molecule has 0 fully saturated rings. The zero-order chi connectivity index (χ0) is 14.7. The smallest absolute Gasteiger partial charge is 0.301 e. The third-order valence-corrected chi connectivity index (χ3v) is 3.39. The van der Waals surface area contributed by atoms with Gasteiger partial charge >= 0.3 is 5.69 Å². The minimum Gasteiger partial charge on any atom is -0.384 e. The number of benzene rings is 1. The summed E-state index contributed by atoms with van der Waals surface area (Å²) >= 11 is 0.837. The summed E-state index contributed by atoms with van der Waals surface area (Å²) in [6, 6.07) is 8.47. The van der Waals surface area contributed by atoms with Crippen molar-refractivity contribution in [2.24, 2.45) is 0 Å². The van der Waals surface area contributed by atoms with Gasteiger partial charge < -0.3 is 5.73 Å². The number of rotatable bonds is 4. The molecule has 20 heavy (non-hydrogen) atoms. The fourth-order valence-electron chi connectivity index (χ4n) is 1.46. The number of hydrogen-bond acceptors (Lipinski definition) is 7. The van der Waals surface area contributed by atoms with Gasteiger partial charge in [0.25, 0.3) is 5.69 Å². The van der Waals surface area contributed by atoms with E-state index in [4.69, 9.17) is 5.73 Å². The van der Waals surface area contributed by atoms with Crippen LogP contribution in [0.4, 0.5) is 17.2 Å². The lowest BCUT2D eigenvalue weighted by Gasteiger charge is -2.03. The second kappa shape index (κ2) is 5.53. The number of hydrogen-bond donors (Lipinski definition) is 1. The van der Waals surface area contributed by atoms with E-state index in [1.54, 1.807) is 6.07 Å². The molecule has 1 aromatic carbocycles. The van der Waals surface area contributed by atoms with Gasteiger partial charge in [-0.15, -0.1) is 0 Å². The summed E-state index contributed by atoms with van der Waals surface area (Å²) in [4.78, 5) is 24.8. The molecule has 2 N–H and O–H groups in total. The van der Waals surface area contributed by atoms with Gasteiger partial charge in [-0.2, -0.15) is 0 Å². The third kappa shape index (κ3) is 2.83. The maximum atomic E-state index is 10.9. The molecule has 1 aromatic heterocycles. The van der Waals surface area contributed by atoms with Crippen LogP contribution < -0.4 is 5.73 Å². The Kier molecular flexibility index (Phi) is 3.80. The Morgan fingerprint density at radius 2 is 1.65 bits per heavy atom. The first-order valence-electron chi connectivity index (χ1n) is 5.31. The van der Waals surface area contributed by atoms with E-state index in [0.29, 0.717) is 0 Å². The van der Waals surface area contributed by atoms with Gasteiger partial charge in [0, 0.05) is 12.1 Å². The Labute approximate surface area is 116 Å². The van der Waals surface area contributed by atoms with Crippen molar-refractivity contribution in [1.82, 2.24) is 4.98 Å². The number of nitrogens with zero attached hydrogens (tertiary/aromatic N) is 3. The average molecular weight is 292 g/mol. The van der Waals surface area contributed by atoms with Crippen molar-refractivity contribution in [2.75, 3.05) is 5.73 Å². The lowest BCUT2D eigenvalue weighted by Crippen LogP contribution is -1.98. The highest BCUT2D eigenvalue weighted by atomic mass is 32.2. The van der Waals surface area contributed by atoms with E-state index in [1.165, 1.54) is 30.3 Å². The molecular weight excluding hydrogens is 284 g/mol. The molecule has 0 aliphatic heterocycles. The number of pyridine rings is 1. The average Bonchev–Trinajstić information content (AvgIpc) is 2.38. The van der Waals surface area contributed by atoms with Crippen molar-refractivity contribution in [3.8, 4) is 0 Å². The van der Waals surface area contributed by atoms with Crippen LogP contribution in [0.2, 0.25) is 0 Å². The minimum absolute atomic E-state index is 0.0179. The summed E-state index contributed by atoms with van der Waals surface area (Å²) in [5.41, 5.74) is 5.11. The molecule has 2 rings (SSSR count). The van der Waals surface area contributed by atoms with Crippen molar-refractivity contribution in [1.29, 1.82) is 0 Å². The molecule has 1 heterocycles. The fourth-order valence-corrected chi connectivity index (χ4v) is 2.46. The molecule has 0 radical (unpaired) electrons. The quantitative estimate of drug-likeness (QED) is 0.678. The van der Waals surface area contributed by atoms with Crippen LogP contribution in [0, 0.1) is 20.2 Å². The Balaban J connectivity index is 2.47. The van der Waals surface area contributed by atoms with Crippen LogP contribution in [0.25, 0.3) is 0 Å². The summed E-state index contributed by atoms with van der Waals surface area (Å²) in [6.07, 6.45) is 0. The molecule has 0 atom stereocenters. The van der Waals surface area contributed by atoms with Crippen molar-refractivity contribution in [3.63, 3.8) is 0 Å². The van der Waals surface area contributed by atoms with Crippen LogP contribution in [0.5, 0.6) is 0 Å². The largest absolute Gasteiger partial charge is 0.384 e. The molecule has 0 saturated carbocycles. The molecule has 0 saturated heterocycles. The van der Waals surface area contributed by atoms with Crippen LogP contribution in [-0.4, -0.2) is 14.8 Å². The van der Waals surface area contributed by atoms with Crippen molar-refractivity contribution < 1.29 is 9.85 Å². The second-order valence-corrected chi connectivity index (χ2v) is 4.68. The van der Waals surface area contributed by atoms with Crippen LogP contribution >= 0.6 is 11.8 Å². The Morgan fingerprint density at radius 3 is 2.30 bits per heavy atom.